The second-order valence-electron chi connectivity index (χ2n) is 4.70. The van der Waals surface area contributed by atoms with E-state index in [1.807, 2.05) is 32.0 Å². The van der Waals surface area contributed by atoms with Crippen molar-refractivity contribution in [2.75, 3.05) is 5.32 Å². The van der Waals surface area contributed by atoms with E-state index in [1.54, 1.807) is 0 Å². The minimum absolute atomic E-state index is 0.108. The maximum atomic E-state index is 11.8. The molecule has 0 bridgehead atoms. The molecule has 0 aliphatic rings. The van der Waals surface area contributed by atoms with Crippen molar-refractivity contribution in [1.29, 1.82) is 0 Å². The second-order valence-corrected chi connectivity index (χ2v) is 4.70. The first-order valence-corrected chi connectivity index (χ1v) is 6.13. The van der Waals surface area contributed by atoms with Crippen LogP contribution in [-0.2, 0) is 4.79 Å². The summed E-state index contributed by atoms with van der Waals surface area (Å²) in [6, 6.07) is 5.62. The Kier molecular flexibility index (Phi) is 4.70. The molecule has 0 heterocycles. The van der Waals surface area contributed by atoms with Crippen LogP contribution < -0.4 is 11.1 Å². The number of benzene rings is 1. The lowest BCUT2D eigenvalue weighted by molar-refractivity contribution is -0.117. The Hall–Kier alpha value is -1.35. The summed E-state index contributed by atoms with van der Waals surface area (Å²) < 4.78 is 0. The quantitative estimate of drug-likeness (QED) is 0.841. The van der Waals surface area contributed by atoms with Gasteiger partial charge in [-0.2, -0.15) is 0 Å². The maximum absolute atomic E-state index is 11.8. The number of carbonyl (C=O) groups is 1. The summed E-state index contributed by atoms with van der Waals surface area (Å²) in [6.07, 6.45) is 0.648. The lowest BCUT2D eigenvalue weighted by atomic mass is 9.98. The molecule has 3 N–H and O–H groups in total. The van der Waals surface area contributed by atoms with Crippen molar-refractivity contribution in [3.8, 4) is 0 Å². The van der Waals surface area contributed by atoms with Crippen LogP contribution in [0.15, 0.2) is 18.2 Å². The number of nitrogens with two attached hydrogens (primary N) is 1. The van der Waals surface area contributed by atoms with Gasteiger partial charge in [0.05, 0.1) is 6.04 Å². The number of amides is 1. The molecule has 0 aromatic heterocycles. The first-order valence-electron chi connectivity index (χ1n) is 6.13. The molecular weight excluding hydrogens is 212 g/mol. The van der Waals surface area contributed by atoms with Crippen molar-refractivity contribution < 1.29 is 4.79 Å². The van der Waals surface area contributed by atoms with Crippen molar-refractivity contribution in [2.24, 2.45) is 5.73 Å². The second kappa shape index (κ2) is 5.82. The van der Waals surface area contributed by atoms with Crippen LogP contribution in [0.4, 0.5) is 5.69 Å². The highest BCUT2D eigenvalue weighted by Crippen LogP contribution is 2.27. The number of hydrogen-bond acceptors (Lipinski definition) is 2. The molecule has 0 radical (unpaired) electrons. The van der Waals surface area contributed by atoms with Crippen LogP contribution in [-0.4, -0.2) is 11.9 Å². The van der Waals surface area contributed by atoms with Gasteiger partial charge in [0.15, 0.2) is 0 Å². The zero-order valence-electron chi connectivity index (χ0n) is 11.1. The fraction of sp³-hybridized carbons (Fsp3) is 0.500. The van der Waals surface area contributed by atoms with Crippen LogP contribution in [0.2, 0.25) is 0 Å². The smallest absolute Gasteiger partial charge is 0.241 e. The van der Waals surface area contributed by atoms with Crippen LogP contribution in [0, 0.1) is 6.92 Å². The van der Waals surface area contributed by atoms with Gasteiger partial charge in [-0.3, -0.25) is 4.79 Å². The first-order chi connectivity index (χ1) is 7.97. The van der Waals surface area contributed by atoms with Gasteiger partial charge in [-0.15, -0.1) is 0 Å². The van der Waals surface area contributed by atoms with E-state index in [2.05, 4.69) is 19.2 Å². The highest BCUT2D eigenvalue weighted by atomic mass is 16.2. The van der Waals surface area contributed by atoms with Gasteiger partial charge in [0, 0.05) is 5.69 Å². The third-order valence-corrected chi connectivity index (χ3v) is 2.95. The molecule has 0 saturated carbocycles. The predicted octanol–water partition coefficient (Wildman–Crippen LogP) is 2.79. The monoisotopic (exact) mass is 234 g/mol. The molecule has 3 nitrogen and oxygen atoms in total. The van der Waals surface area contributed by atoms with Crippen molar-refractivity contribution in [3.63, 3.8) is 0 Å². The predicted molar refractivity (Wildman–Crippen MR) is 72.2 cm³/mol. The SMILES string of the molecule is CC[C@H](N)C(=O)Nc1c(C)cccc1C(C)C. The van der Waals surface area contributed by atoms with Gasteiger partial charge in [0.2, 0.25) is 5.91 Å². The van der Waals surface area contributed by atoms with Crippen molar-refractivity contribution in [3.05, 3.63) is 29.3 Å². The van der Waals surface area contributed by atoms with E-state index in [9.17, 15) is 4.79 Å². The Morgan fingerprint density at radius 1 is 1.41 bits per heavy atom. The van der Waals surface area contributed by atoms with E-state index in [1.165, 1.54) is 0 Å². The summed E-state index contributed by atoms with van der Waals surface area (Å²) in [5.74, 6) is 0.270. The van der Waals surface area contributed by atoms with E-state index < -0.39 is 6.04 Å². The number of aryl methyl sites for hydroxylation is 1. The average Bonchev–Trinajstić information content (AvgIpc) is 2.30. The third kappa shape index (κ3) is 3.30. The fourth-order valence-electron chi connectivity index (χ4n) is 1.74. The molecule has 0 spiro atoms. The molecule has 0 aliphatic carbocycles. The van der Waals surface area contributed by atoms with Crippen LogP contribution in [0.3, 0.4) is 0 Å². The molecule has 1 aromatic rings. The molecule has 1 rings (SSSR count). The number of rotatable bonds is 4. The molecule has 0 aliphatic heterocycles. The van der Waals surface area contributed by atoms with Crippen LogP contribution in [0.1, 0.15) is 44.2 Å². The van der Waals surface area contributed by atoms with Gasteiger partial charge in [0.1, 0.15) is 0 Å². The fourth-order valence-corrected chi connectivity index (χ4v) is 1.74. The van der Waals surface area contributed by atoms with Crippen LogP contribution in [0.5, 0.6) is 0 Å². The lowest BCUT2D eigenvalue weighted by Gasteiger charge is -2.18. The van der Waals surface area contributed by atoms with E-state index >= 15 is 0 Å². The van der Waals surface area contributed by atoms with Crippen molar-refractivity contribution in [1.82, 2.24) is 0 Å². The summed E-state index contributed by atoms with van der Waals surface area (Å²) in [5, 5.41) is 2.95. The summed E-state index contributed by atoms with van der Waals surface area (Å²) >= 11 is 0. The van der Waals surface area contributed by atoms with Gasteiger partial charge in [-0.1, -0.05) is 39.0 Å². The summed E-state index contributed by atoms with van der Waals surface area (Å²) in [7, 11) is 0. The summed E-state index contributed by atoms with van der Waals surface area (Å²) in [6.45, 7) is 8.14. The standard InChI is InChI=1S/C14H22N2O/c1-5-12(15)14(17)16-13-10(4)7-6-8-11(13)9(2)3/h6-9,12H,5,15H2,1-4H3,(H,16,17)/t12-/m0/s1. The normalized spacial score (nSPS) is 12.6. The molecule has 1 amide bonds. The Labute approximate surface area is 103 Å². The molecule has 0 fully saturated rings. The molecular formula is C14H22N2O. The zero-order chi connectivity index (χ0) is 13.0. The van der Waals surface area contributed by atoms with Gasteiger partial charge >= 0.3 is 0 Å². The van der Waals surface area contributed by atoms with E-state index in [-0.39, 0.29) is 5.91 Å². The molecule has 0 saturated heterocycles. The van der Waals surface area contributed by atoms with Crippen LogP contribution in [0.25, 0.3) is 0 Å². The number of hydrogen-bond donors (Lipinski definition) is 2. The Morgan fingerprint density at radius 2 is 2.06 bits per heavy atom. The number of nitrogens with one attached hydrogen (secondary N) is 1. The van der Waals surface area contributed by atoms with Gasteiger partial charge in [-0.05, 0) is 30.4 Å². The van der Waals surface area contributed by atoms with Crippen LogP contribution >= 0.6 is 0 Å². The molecule has 94 valence electrons. The molecule has 3 heteroatoms. The minimum atomic E-state index is -0.436. The average molecular weight is 234 g/mol. The molecule has 1 atom stereocenters. The van der Waals surface area contributed by atoms with Gasteiger partial charge in [-0.25, -0.2) is 0 Å². The van der Waals surface area contributed by atoms with Crippen molar-refractivity contribution in [2.45, 2.75) is 46.1 Å². The highest BCUT2D eigenvalue weighted by molar-refractivity contribution is 5.96. The minimum Gasteiger partial charge on any atom is -0.324 e. The van der Waals surface area contributed by atoms with Gasteiger partial charge in [0.25, 0.3) is 0 Å². The summed E-state index contributed by atoms with van der Waals surface area (Å²) in [5.41, 5.74) is 8.87. The Balaban J connectivity index is 3.01. The highest BCUT2D eigenvalue weighted by Gasteiger charge is 2.15. The topological polar surface area (TPSA) is 55.1 Å². The zero-order valence-corrected chi connectivity index (χ0v) is 11.1. The van der Waals surface area contributed by atoms with E-state index in [0.29, 0.717) is 12.3 Å². The first kappa shape index (κ1) is 13.7. The lowest BCUT2D eigenvalue weighted by Crippen LogP contribution is -2.35. The van der Waals surface area contributed by atoms with E-state index in [4.69, 9.17) is 5.73 Å². The van der Waals surface area contributed by atoms with Crippen molar-refractivity contribution >= 4 is 11.6 Å². The van der Waals surface area contributed by atoms with E-state index in [0.717, 1.165) is 16.8 Å². The molecule has 17 heavy (non-hydrogen) atoms. The van der Waals surface area contributed by atoms with Gasteiger partial charge < -0.3 is 11.1 Å². The molecule has 0 unspecified atom stereocenters. The maximum Gasteiger partial charge on any atom is 0.241 e. The molecule has 1 aromatic carbocycles. The Morgan fingerprint density at radius 3 is 2.59 bits per heavy atom. The number of para-hydroxylation sites is 1. The summed E-state index contributed by atoms with van der Waals surface area (Å²) in [4.78, 5) is 11.8. The number of anilines is 1. The number of carbonyl (C=O) groups excluding carboxylic acids is 1. The third-order valence-electron chi connectivity index (χ3n) is 2.95. The largest absolute Gasteiger partial charge is 0.324 e. The Bertz CT molecular complexity index is 399.